The number of nitro benzene ring substituents is 1. The second-order valence-corrected chi connectivity index (χ2v) is 12.0. The summed E-state index contributed by atoms with van der Waals surface area (Å²) in [7, 11) is 1.25. The number of thiazole rings is 1. The van der Waals surface area contributed by atoms with E-state index in [4.69, 9.17) is 20.0 Å². The number of carbonyl (C=O) groups excluding carboxylic acids is 4. The molecule has 5 rings (SSSR count). The fraction of sp³-hybridized carbons (Fsp3) is 0.417. The number of nitrogens with zero attached hydrogens (tertiary/aromatic N) is 4. The number of rotatable bonds is 8. The predicted octanol–water partition coefficient (Wildman–Crippen LogP) is 1.02. The van der Waals surface area contributed by atoms with E-state index in [9.17, 15) is 29.3 Å². The van der Waals surface area contributed by atoms with Crippen LogP contribution in [0.4, 0.5) is 10.8 Å². The number of nitrogens with one attached hydrogen (secondary N) is 1. The number of non-ortho nitro benzene ring substituents is 1. The van der Waals surface area contributed by atoms with Gasteiger partial charge in [0, 0.05) is 23.3 Å². The minimum absolute atomic E-state index is 0.131. The number of aromatic nitrogens is 1. The molecule has 4 heterocycles. The number of nitro groups is 1. The summed E-state index contributed by atoms with van der Waals surface area (Å²) in [5.74, 6) is -3.55. The minimum Gasteiger partial charge on any atom is -0.456 e. The van der Waals surface area contributed by atoms with Gasteiger partial charge in [0.15, 0.2) is 10.8 Å². The molecule has 0 radical (unpaired) electrons. The Balaban J connectivity index is 1.38. The number of nitrogens with two attached hydrogens (primary N) is 1. The van der Waals surface area contributed by atoms with Gasteiger partial charge >= 0.3 is 11.9 Å². The molecule has 4 atom stereocenters. The predicted molar refractivity (Wildman–Crippen MR) is 144 cm³/mol. The quantitative estimate of drug-likeness (QED) is 0.142. The molecule has 2 unspecified atom stereocenters. The second-order valence-electron chi connectivity index (χ2n) is 9.94. The summed E-state index contributed by atoms with van der Waals surface area (Å²) in [4.78, 5) is 73.6. The van der Waals surface area contributed by atoms with Gasteiger partial charge in [0.1, 0.15) is 30.8 Å². The Labute approximate surface area is 240 Å². The Hall–Kier alpha value is -4.25. The van der Waals surface area contributed by atoms with E-state index >= 15 is 0 Å². The number of anilines is 1. The van der Waals surface area contributed by atoms with Crippen LogP contribution in [0.5, 0.6) is 0 Å². The van der Waals surface area contributed by atoms with Crippen LogP contribution in [0.2, 0.25) is 0 Å². The largest absolute Gasteiger partial charge is 0.456 e. The molecule has 0 spiro atoms. The van der Waals surface area contributed by atoms with Gasteiger partial charge in [0.25, 0.3) is 23.2 Å². The third-order valence-electron chi connectivity index (χ3n) is 7.21. The van der Waals surface area contributed by atoms with Crippen molar-refractivity contribution < 1.29 is 38.4 Å². The molecule has 0 bridgehead atoms. The first-order chi connectivity index (χ1) is 19.4. The Kier molecular flexibility index (Phi) is 7.10. The molecule has 15 nitrogen and oxygen atoms in total. The fourth-order valence-corrected chi connectivity index (χ4v) is 7.35. The number of benzene rings is 1. The van der Waals surface area contributed by atoms with E-state index in [1.807, 2.05) is 0 Å². The van der Waals surface area contributed by atoms with Crippen LogP contribution in [0.1, 0.15) is 25.1 Å². The molecule has 3 fully saturated rings. The molecule has 3 aliphatic heterocycles. The normalized spacial score (nSPS) is 26.3. The van der Waals surface area contributed by atoms with E-state index in [0.29, 0.717) is 5.56 Å². The van der Waals surface area contributed by atoms with Gasteiger partial charge in [0.05, 0.1) is 16.3 Å². The monoisotopic (exact) mass is 604 g/mol. The number of fused-ring (bicyclic) bond motifs is 3. The lowest BCUT2D eigenvalue weighted by Gasteiger charge is -2.57. The molecule has 41 heavy (non-hydrogen) atoms. The van der Waals surface area contributed by atoms with E-state index in [1.54, 1.807) is 13.8 Å². The van der Waals surface area contributed by atoms with E-state index < -0.39 is 57.1 Å². The lowest BCUT2D eigenvalue weighted by Crippen LogP contribution is -2.81. The summed E-state index contributed by atoms with van der Waals surface area (Å²) in [6.07, 6.45) is 0. The van der Waals surface area contributed by atoms with Crippen molar-refractivity contribution in [1.82, 2.24) is 15.2 Å². The van der Waals surface area contributed by atoms with Gasteiger partial charge in [-0.25, -0.2) is 9.78 Å². The summed E-state index contributed by atoms with van der Waals surface area (Å²) >= 11 is 2.38. The highest BCUT2D eigenvalue weighted by Crippen LogP contribution is 2.57. The highest BCUT2D eigenvalue weighted by Gasteiger charge is 2.76. The lowest BCUT2D eigenvalue weighted by atomic mass is 9.74. The number of oxime groups is 1. The zero-order valence-corrected chi connectivity index (χ0v) is 23.5. The fourth-order valence-electron chi connectivity index (χ4n) is 4.98. The molecular formula is C24H24N6O9S2. The van der Waals surface area contributed by atoms with E-state index in [2.05, 4.69) is 15.5 Å². The third-order valence-corrected chi connectivity index (χ3v) is 9.24. The van der Waals surface area contributed by atoms with Crippen LogP contribution in [0.15, 0.2) is 34.8 Å². The van der Waals surface area contributed by atoms with Crippen LogP contribution in [-0.2, 0) is 40.1 Å². The van der Waals surface area contributed by atoms with Crippen LogP contribution >= 0.6 is 23.1 Å². The number of hydrogen-bond donors (Lipinski definition) is 2. The standard InChI is InChI=1S/C24H24N6O9S2/c1-23(2)14-10-40-19-16(27-17(31)15(28-37-3)13-9-41-22(25)26-13)18(32)29(19)24(14,39-20(23)33)21(34)38-8-11-4-6-12(7-5-11)30(35)36/h4-7,9,14,16,19H,8,10H2,1-3H3,(H2,25,26)(H,27,31)/t14?,16-,19-,24?/m1/s1. The van der Waals surface area contributed by atoms with E-state index in [1.165, 1.54) is 48.5 Å². The molecule has 1 aromatic carbocycles. The van der Waals surface area contributed by atoms with Crippen molar-refractivity contribution >= 4 is 63.4 Å². The average molecular weight is 605 g/mol. The molecule has 2 amide bonds. The average Bonchev–Trinajstić information content (AvgIpc) is 3.46. The SMILES string of the molecule is CON=C(C(=O)N[C@@H]1C(=O)N2[C@@H]1SCC1C(C)(C)C(=O)OC12C(=O)OCc1ccc([N+](=O)[O-])cc1)c1csc(N)n1. The summed E-state index contributed by atoms with van der Waals surface area (Å²) in [6, 6.07) is 4.32. The molecule has 0 aliphatic carbocycles. The van der Waals surface area contributed by atoms with Gasteiger partial charge in [-0.1, -0.05) is 5.16 Å². The number of carbonyl (C=O) groups is 4. The second kappa shape index (κ2) is 10.3. The van der Waals surface area contributed by atoms with Gasteiger partial charge in [-0.15, -0.1) is 23.1 Å². The van der Waals surface area contributed by atoms with Crippen molar-refractivity contribution in [3.8, 4) is 0 Å². The summed E-state index contributed by atoms with van der Waals surface area (Å²) in [6.45, 7) is 2.97. The van der Waals surface area contributed by atoms with Crippen molar-refractivity contribution in [2.24, 2.45) is 16.5 Å². The molecule has 216 valence electrons. The summed E-state index contributed by atoms with van der Waals surface area (Å²) < 4.78 is 11.2. The molecule has 17 heteroatoms. The van der Waals surface area contributed by atoms with Gasteiger partial charge in [0.2, 0.25) is 0 Å². The van der Waals surface area contributed by atoms with Crippen LogP contribution < -0.4 is 11.1 Å². The van der Waals surface area contributed by atoms with Crippen LogP contribution in [-0.4, -0.2) is 74.3 Å². The van der Waals surface area contributed by atoms with Gasteiger partial charge < -0.3 is 25.4 Å². The third kappa shape index (κ3) is 4.54. The first kappa shape index (κ1) is 28.3. The Morgan fingerprint density at radius 2 is 2.02 bits per heavy atom. The number of ether oxygens (including phenoxy) is 2. The first-order valence-electron chi connectivity index (χ1n) is 12.1. The Morgan fingerprint density at radius 3 is 2.63 bits per heavy atom. The van der Waals surface area contributed by atoms with Crippen molar-refractivity contribution in [2.45, 2.75) is 37.6 Å². The molecule has 3 saturated heterocycles. The minimum atomic E-state index is -2.05. The Bertz CT molecular complexity index is 1480. The van der Waals surface area contributed by atoms with Crippen LogP contribution in [0, 0.1) is 21.4 Å². The maximum Gasteiger partial charge on any atom is 0.373 e. The van der Waals surface area contributed by atoms with Gasteiger partial charge in [-0.2, -0.15) is 0 Å². The van der Waals surface area contributed by atoms with E-state index in [0.717, 1.165) is 16.2 Å². The maximum absolute atomic E-state index is 13.7. The van der Waals surface area contributed by atoms with Crippen molar-refractivity contribution in [2.75, 3.05) is 18.6 Å². The Morgan fingerprint density at radius 1 is 1.32 bits per heavy atom. The zero-order valence-electron chi connectivity index (χ0n) is 21.9. The zero-order chi connectivity index (χ0) is 29.7. The maximum atomic E-state index is 13.7. The smallest absolute Gasteiger partial charge is 0.373 e. The summed E-state index contributed by atoms with van der Waals surface area (Å²) in [5.41, 5.74) is 2.78. The molecule has 0 saturated carbocycles. The number of hydrogen-bond acceptors (Lipinski definition) is 14. The van der Waals surface area contributed by atoms with Crippen LogP contribution in [0.25, 0.3) is 0 Å². The molecule has 1 aromatic heterocycles. The molecule has 3 aliphatic rings. The molecule has 2 aromatic rings. The summed E-state index contributed by atoms with van der Waals surface area (Å²) in [5, 5.41) is 18.2. The number of thioether (sulfide) groups is 1. The van der Waals surface area contributed by atoms with Crippen molar-refractivity contribution in [1.29, 1.82) is 0 Å². The number of nitrogen functional groups attached to an aromatic ring is 1. The topological polar surface area (TPSA) is 206 Å². The van der Waals surface area contributed by atoms with Crippen molar-refractivity contribution in [3.05, 3.63) is 51.0 Å². The molecule has 3 N–H and O–H groups in total. The lowest BCUT2D eigenvalue weighted by molar-refractivity contribution is -0.384. The highest BCUT2D eigenvalue weighted by molar-refractivity contribution is 8.00. The van der Waals surface area contributed by atoms with Gasteiger partial charge in [-0.05, 0) is 31.5 Å². The van der Waals surface area contributed by atoms with Crippen molar-refractivity contribution in [3.63, 3.8) is 0 Å². The van der Waals surface area contributed by atoms with Crippen LogP contribution in [0.3, 0.4) is 0 Å². The number of β-lactam (4-membered cyclic amide) rings is 1. The number of esters is 2. The number of amides is 2. The van der Waals surface area contributed by atoms with E-state index in [-0.39, 0.29) is 34.6 Å². The molecular weight excluding hydrogens is 580 g/mol. The first-order valence-corrected chi connectivity index (χ1v) is 14.1. The van der Waals surface area contributed by atoms with Gasteiger partial charge in [-0.3, -0.25) is 29.4 Å². The highest BCUT2D eigenvalue weighted by atomic mass is 32.2.